The number of hydrogen-bond donors (Lipinski definition) is 0. The zero-order chi connectivity index (χ0) is 9.26. The summed E-state index contributed by atoms with van der Waals surface area (Å²) in [5.74, 6) is 2.08. The molecule has 0 unspecified atom stereocenters. The van der Waals surface area contributed by atoms with Gasteiger partial charge in [0, 0.05) is 5.57 Å². The Bertz CT molecular complexity index is 339. The van der Waals surface area contributed by atoms with Crippen LogP contribution in [0.15, 0.2) is 41.1 Å². The van der Waals surface area contributed by atoms with Crippen molar-refractivity contribution in [2.75, 3.05) is 6.79 Å². The molecule has 0 aromatic heterocycles. The average molecular weight is 176 g/mol. The Morgan fingerprint density at radius 2 is 2.23 bits per heavy atom. The molecule has 0 radical (unpaired) electrons. The highest BCUT2D eigenvalue weighted by Crippen LogP contribution is 2.29. The zero-order valence-corrected chi connectivity index (χ0v) is 7.83. The highest BCUT2D eigenvalue weighted by Gasteiger charge is 2.21. The molecule has 13 heavy (non-hydrogen) atoms. The molecule has 2 rings (SSSR count). The second-order valence-corrected chi connectivity index (χ2v) is 3.34. The Hall–Kier alpha value is -1.40. The van der Waals surface area contributed by atoms with Crippen LogP contribution in [0.3, 0.4) is 0 Å². The summed E-state index contributed by atoms with van der Waals surface area (Å²) in [5.41, 5.74) is 4.28. The van der Waals surface area contributed by atoms with Gasteiger partial charge in [0.2, 0.25) is 6.79 Å². The van der Waals surface area contributed by atoms with E-state index in [1.807, 2.05) is 18.2 Å². The van der Waals surface area contributed by atoms with Crippen LogP contribution in [0.2, 0.25) is 0 Å². The van der Waals surface area contributed by atoms with Gasteiger partial charge >= 0.3 is 0 Å². The largest absolute Gasteiger partial charge is 0.454 e. The Labute approximate surface area is 77.8 Å². The molecule has 0 fully saturated rings. The molecule has 0 spiro atoms. The summed E-state index contributed by atoms with van der Waals surface area (Å²) >= 11 is 0. The molecule has 0 atom stereocenters. The van der Waals surface area contributed by atoms with E-state index in [-0.39, 0.29) is 0 Å². The molecule has 1 heterocycles. The topological polar surface area (TPSA) is 18.5 Å². The maximum absolute atomic E-state index is 5.40. The summed E-state index contributed by atoms with van der Waals surface area (Å²) < 4.78 is 10.7. The normalized spacial score (nSPS) is 19.5. The minimum Gasteiger partial charge on any atom is -0.454 e. The van der Waals surface area contributed by atoms with Gasteiger partial charge in [-0.2, -0.15) is 0 Å². The number of hydrogen-bond acceptors (Lipinski definition) is 2. The number of ether oxygens (including phenoxy) is 2. The molecule has 0 bridgehead atoms. The average Bonchev–Trinajstić information content (AvgIpc) is 2.44. The van der Waals surface area contributed by atoms with Gasteiger partial charge in [-0.3, -0.25) is 0 Å². The van der Waals surface area contributed by atoms with Crippen LogP contribution in [0, 0.1) is 5.92 Å². The van der Waals surface area contributed by atoms with Crippen molar-refractivity contribution in [2.45, 2.75) is 13.8 Å². The molecule has 68 valence electrons. The summed E-state index contributed by atoms with van der Waals surface area (Å²) in [6.07, 6.45) is 5.71. The second-order valence-electron chi connectivity index (χ2n) is 3.34. The van der Waals surface area contributed by atoms with Crippen molar-refractivity contribution in [2.24, 2.45) is 5.92 Å². The van der Waals surface area contributed by atoms with E-state index >= 15 is 0 Å². The molecule has 0 amide bonds. The first-order valence-corrected chi connectivity index (χ1v) is 4.42. The van der Waals surface area contributed by atoms with Crippen molar-refractivity contribution in [3.63, 3.8) is 0 Å². The molecular formula is C11H12O2. The molecule has 0 aromatic rings. The van der Waals surface area contributed by atoms with Gasteiger partial charge in [-0.05, 0) is 18.1 Å². The Kier molecular flexibility index (Phi) is 1.99. The highest BCUT2D eigenvalue weighted by molar-refractivity contribution is 5.39. The summed E-state index contributed by atoms with van der Waals surface area (Å²) in [5, 5.41) is 0. The van der Waals surface area contributed by atoms with Gasteiger partial charge in [-0.1, -0.05) is 19.9 Å². The zero-order valence-electron chi connectivity index (χ0n) is 7.83. The fraction of sp³-hybridized carbons (Fsp3) is 0.364. The van der Waals surface area contributed by atoms with Crippen LogP contribution < -0.4 is 0 Å². The second kappa shape index (κ2) is 3.15. The minimum atomic E-state index is 0.326. The van der Waals surface area contributed by atoms with Crippen molar-refractivity contribution in [3.05, 3.63) is 41.1 Å². The quantitative estimate of drug-likeness (QED) is 0.571. The molecule has 2 aliphatic rings. The van der Waals surface area contributed by atoms with Gasteiger partial charge in [0.05, 0.1) is 0 Å². The molecule has 0 aromatic carbocycles. The lowest BCUT2D eigenvalue weighted by molar-refractivity contribution is 0.0758. The van der Waals surface area contributed by atoms with E-state index in [9.17, 15) is 0 Å². The predicted octanol–water partition coefficient (Wildman–Crippen LogP) is 2.51. The van der Waals surface area contributed by atoms with Crippen LogP contribution in [0.4, 0.5) is 0 Å². The molecule has 1 aliphatic heterocycles. The molecule has 2 nitrogen and oxygen atoms in total. The molecule has 2 heteroatoms. The summed E-state index contributed by atoms with van der Waals surface area (Å²) in [7, 11) is 0. The highest BCUT2D eigenvalue weighted by atomic mass is 16.7. The molecule has 0 saturated heterocycles. The van der Waals surface area contributed by atoms with Gasteiger partial charge < -0.3 is 9.47 Å². The van der Waals surface area contributed by atoms with Crippen LogP contribution in [0.25, 0.3) is 0 Å². The van der Waals surface area contributed by atoms with Crippen LogP contribution >= 0.6 is 0 Å². The third-order valence-corrected chi connectivity index (χ3v) is 2.05. The summed E-state index contributed by atoms with van der Waals surface area (Å²) in [6, 6.07) is 0. The lowest BCUT2D eigenvalue weighted by Gasteiger charge is -2.07. The van der Waals surface area contributed by atoms with Crippen LogP contribution in [0.5, 0.6) is 0 Å². The van der Waals surface area contributed by atoms with E-state index in [1.165, 1.54) is 0 Å². The smallest absolute Gasteiger partial charge is 0.231 e. The summed E-state index contributed by atoms with van der Waals surface area (Å²) in [6.45, 7) is 4.56. The van der Waals surface area contributed by atoms with E-state index in [0.29, 0.717) is 12.7 Å². The van der Waals surface area contributed by atoms with Crippen molar-refractivity contribution in [1.29, 1.82) is 0 Å². The van der Waals surface area contributed by atoms with E-state index < -0.39 is 0 Å². The minimum absolute atomic E-state index is 0.326. The van der Waals surface area contributed by atoms with Crippen molar-refractivity contribution in [3.8, 4) is 0 Å². The Morgan fingerprint density at radius 1 is 1.38 bits per heavy atom. The molecular weight excluding hydrogens is 164 g/mol. The van der Waals surface area contributed by atoms with Crippen molar-refractivity contribution < 1.29 is 9.47 Å². The van der Waals surface area contributed by atoms with E-state index in [1.54, 1.807) is 0 Å². The molecule has 1 aliphatic carbocycles. The maximum Gasteiger partial charge on any atom is 0.231 e. The number of allylic oxidation sites excluding steroid dienone is 3. The monoisotopic (exact) mass is 176 g/mol. The Morgan fingerprint density at radius 3 is 3.00 bits per heavy atom. The number of rotatable bonds is 1. The third kappa shape index (κ3) is 1.41. The summed E-state index contributed by atoms with van der Waals surface area (Å²) in [4.78, 5) is 0. The van der Waals surface area contributed by atoms with Gasteiger partial charge in [-0.25, -0.2) is 0 Å². The molecule has 0 saturated carbocycles. The lowest BCUT2D eigenvalue weighted by atomic mass is 10.0. The van der Waals surface area contributed by atoms with Crippen molar-refractivity contribution >= 4 is 0 Å². The fourth-order valence-electron chi connectivity index (χ4n) is 1.39. The van der Waals surface area contributed by atoms with Crippen molar-refractivity contribution in [1.82, 2.24) is 0 Å². The third-order valence-electron chi connectivity index (χ3n) is 2.05. The SMILES string of the molecule is CC(C)C1=C=CC=CC2=C1OCO2. The van der Waals surface area contributed by atoms with Crippen LogP contribution in [-0.2, 0) is 9.47 Å². The standard InChI is InChI=1S/C11H12O2/c1-8(2)9-5-3-4-6-10-11(9)13-7-12-10/h3-4,6,8H,7H2,1-2H3. The van der Waals surface area contributed by atoms with Gasteiger partial charge in [-0.15, -0.1) is 5.73 Å². The molecule has 0 N–H and O–H groups in total. The predicted molar refractivity (Wildman–Crippen MR) is 49.6 cm³/mol. The van der Waals surface area contributed by atoms with Gasteiger partial charge in [0.15, 0.2) is 11.5 Å². The first-order valence-electron chi connectivity index (χ1n) is 4.42. The van der Waals surface area contributed by atoms with E-state index in [0.717, 1.165) is 17.1 Å². The van der Waals surface area contributed by atoms with Gasteiger partial charge in [0.25, 0.3) is 0 Å². The van der Waals surface area contributed by atoms with Crippen LogP contribution in [0.1, 0.15) is 13.8 Å². The fourth-order valence-corrected chi connectivity index (χ4v) is 1.39. The van der Waals surface area contributed by atoms with E-state index in [2.05, 4.69) is 19.6 Å². The maximum atomic E-state index is 5.40. The Balaban J connectivity index is 2.45. The first-order chi connectivity index (χ1) is 6.29. The first kappa shape index (κ1) is 8.21. The van der Waals surface area contributed by atoms with Crippen LogP contribution in [-0.4, -0.2) is 6.79 Å². The van der Waals surface area contributed by atoms with E-state index in [4.69, 9.17) is 9.47 Å². The van der Waals surface area contributed by atoms with Gasteiger partial charge in [0.1, 0.15) is 0 Å². The lowest BCUT2D eigenvalue weighted by Crippen LogP contribution is -1.98.